The topological polar surface area (TPSA) is 367 Å². The van der Waals surface area contributed by atoms with E-state index in [1.54, 1.807) is 30.3 Å². The maximum atomic E-state index is 11.9. The molecule has 8 atom stereocenters. The standard InChI is InChI=1S/C19H20N2O.C18H20N2O.C18H15NO2.C17H17ClN2O.C17H17N3O2.C12H11NO2.2C11H14N2O/c1-13-6-3-4-7-15(13)10-11-16-8-5-9-17-19(16)20-14(2)12-18(22)21-17;1-13-12-17(21)20-16-9-5-8-15(18(16)19-13)11-10-14-6-3-2-4-7-14;1-13-12-17(20)19-16-9-5-8-15(18(16)21-13)11-10-14-6-3-2-4-7-14;1-10-9-16(21)20-15-8-4-6-13(17(15)19-10)12-5-3-7-14(18)11(12)2;1-10-9-15(21)20-14-4-2-3-13(16(14)19-10)11-5-7-12(8-6-11)17(18)22;1-3-9-5-4-6-10-12(9)15-8(2)7-11(14)13-10;1-7-4-3-5-9-11(7)12-8(2)6-10(14)13-9;1-2-8-7-11(14)13-10-6-4-3-5-9(10)12-8/h3-11,14,20H,12H2,1-2H3,(H,21,22);2-9,13,19H,10-12H2,1H3,(H,20,21);2-9,13H,12H2,1H3,(H,19,20);3-8,10,19H,9H2,1-2H3,(H,20,21);2-8,10,19H,9H2,1H3,(H2,18,22)(H,20,21);1,4-6,8H,7H2,2H3,(H,13,14);3-5,8,12H,6H2,1-2H3,(H,13,14);3-6,8,12H,2,7H2,1H3,(H,13,14)/b11-10+;;;;;;;/t14-;2*13-;2*10-;8-;;8-/m111111.1/s1. The molecule has 150 heavy (non-hydrogen) atoms. The molecule has 0 aliphatic carbocycles. The van der Waals surface area contributed by atoms with E-state index in [2.05, 4.69) is 179 Å². The van der Waals surface area contributed by atoms with Crippen molar-refractivity contribution < 1.29 is 52.6 Å². The summed E-state index contributed by atoms with van der Waals surface area (Å²) in [6, 6.07) is 90.8. The van der Waals surface area contributed by atoms with Crippen LogP contribution in [0.2, 0.25) is 5.02 Å². The number of nitrogens with two attached hydrogens (primary N) is 1. The molecule has 21 rings (SSSR count). The number of carbonyl (C=O) groups excluding carboxylic acids is 9. The predicted octanol–water partition coefficient (Wildman–Crippen LogP) is 24.3. The molecular weight excluding hydrogens is 1900 g/mol. The molecule has 8 aliphatic heterocycles. The summed E-state index contributed by atoms with van der Waals surface area (Å²) in [5.74, 6) is 9.84. The van der Waals surface area contributed by atoms with E-state index < -0.39 is 5.91 Å². The van der Waals surface area contributed by atoms with E-state index in [0.29, 0.717) is 85.4 Å². The first-order valence-electron chi connectivity index (χ1n) is 50.6. The number of primary amides is 1. The minimum absolute atomic E-state index is 0.0000219. The SMILES string of the molecule is C#Cc1cccc2c1O[C@H](C)CC(=O)N2.CC[C@@H]1CC(=O)Nc2ccccc2N1.C[C@@H]1CC(=O)Nc2cccc(-c3ccc(C(N)=O)cc3)c2N1.C[C@@H]1CC(=O)Nc2cccc(C#Cc3ccccc3)c2O1.C[C@@H]1CC(=O)Nc2cccc(CCc3ccccc3)c2N1.Cc1c(Cl)cccc1-c1cccc2c1N[C@H](C)CC(=O)N2.Cc1cccc2c1NC(C)CC(=O)N2.Cc1ccccc1/C=C/c1cccc2c1N[C@H](C)CC(=O)N2. The number of amides is 9. The third kappa shape index (κ3) is 30.2. The summed E-state index contributed by atoms with van der Waals surface area (Å²) in [5.41, 5.74) is 33.0. The fourth-order valence-electron chi connectivity index (χ4n) is 18.1. The number of para-hydroxylation sites is 9. The fourth-order valence-corrected chi connectivity index (χ4v) is 18.2. The lowest BCUT2D eigenvalue weighted by Gasteiger charge is -2.18. The largest absolute Gasteiger partial charge is 0.487 e. The number of terminal acetylenes is 1. The second-order valence-corrected chi connectivity index (χ2v) is 38.5. The minimum atomic E-state index is -0.447. The molecule has 768 valence electrons. The van der Waals surface area contributed by atoms with Crippen LogP contribution in [0.15, 0.2) is 279 Å². The Balaban J connectivity index is 0.000000136. The molecule has 0 aromatic heterocycles. The molecule has 0 saturated heterocycles. The van der Waals surface area contributed by atoms with E-state index in [0.717, 1.165) is 143 Å². The van der Waals surface area contributed by atoms with Gasteiger partial charge < -0.3 is 89.6 Å². The first-order chi connectivity index (χ1) is 72.3. The van der Waals surface area contributed by atoms with Crippen molar-refractivity contribution in [2.45, 2.75) is 195 Å². The Hall–Kier alpha value is -17.4. The Morgan fingerprint density at radius 3 is 1.30 bits per heavy atom. The molecule has 13 aromatic carbocycles. The van der Waals surface area contributed by atoms with Crippen molar-refractivity contribution in [2.75, 3.05) is 74.4 Å². The van der Waals surface area contributed by atoms with Gasteiger partial charge in [0.2, 0.25) is 53.2 Å². The van der Waals surface area contributed by atoms with Crippen LogP contribution in [0.5, 0.6) is 11.5 Å². The Bertz CT molecular complexity index is 7240. The molecule has 0 bridgehead atoms. The summed E-state index contributed by atoms with van der Waals surface area (Å²) in [6.07, 6.45) is 15.8. The Morgan fingerprint density at radius 1 is 0.353 bits per heavy atom. The van der Waals surface area contributed by atoms with Crippen LogP contribution in [0.25, 0.3) is 34.4 Å². The van der Waals surface area contributed by atoms with Gasteiger partial charge >= 0.3 is 0 Å². The van der Waals surface area contributed by atoms with Crippen molar-refractivity contribution in [1.29, 1.82) is 0 Å². The van der Waals surface area contributed by atoms with Gasteiger partial charge in [-0.3, -0.25) is 43.2 Å². The highest BCUT2D eigenvalue weighted by molar-refractivity contribution is 6.31. The van der Waals surface area contributed by atoms with E-state index >= 15 is 0 Å². The predicted molar refractivity (Wildman–Crippen MR) is 609 cm³/mol. The average molecular weight is 2030 g/mol. The van der Waals surface area contributed by atoms with Crippen molar-refractivity contribution in [3.63, 3.8) is 0 Å². The van der Waals surface area contributed by atoms with Crippen LogP contribution >= 0.6 is 11.6 Å². The summed E-state index contributed by atoms with van der Waals surface area (Å²) in [4.78, 5) is 104. The number of anilines is 14. The summed E-state index contributed by atoms with van der Waals surface area (Å²) < 4.78 is 11.5. The number of halogens is 1. The third-order valence-electron chi connectivity index (χ3n) is 25.5. The van der Waals surface area contributed by atoms with Gasteiger partial charge in [0, 0.05) is 102 Å². The summed E-state index contributed by atoms with van der Waals surface area (Å²) >= 11 is 6.24. The number of rotatable bonds is 9. The van der Waals surface area contributed by atoms with Crippen LogP contribution in [0.1, 0.15) is 179 Å². The van der Waals surface area contributed by atoms with Crippen LogP contribution in [-0.2, 0) is 51.2 Å². The number of aryl methyl sites for hydroxylation is 4. The molecule has 9 amide bonds. The van der Waals surface area contributed by atoms with Gasteiger partial charge in [0.1, 0.15) is 12.2 Å². The van der Waals surface area contributed by atoms with Crippen LogP contribution in [0, 0.1) is 45.0 Å². The highest BCUT2D eigenvalue weighted by atomic mass is 35.5. The molecule has 13 aromatic rings. The van der Waals surface area contributed by atoms with Gasteiger partial charge in [-0.1, -0.05) is 230 Å². The molecule has 27 heteroatoms. The van der Waals surface area contributed by atoms with Crippen LogP contribution in [-0.4, -0.2) is 102 Å². The molecule has 0 saturated carbocycles. The second kappa shape index (κ2) is 52.1. The lowest BCUT2D eigenvalue weighted by atomic mass is 9.98. The zero-order valence-corrected chi connectivity index (χ0v) is 86.9. The van der Waals surface area contributed by atoms with Crippen molar-refractivity contribution in [3.8, 4) is 57.9 Å². The lowest BCUT2D eigenvalue weighted by molar-refractivity contribution is -0.118. The average Bonchev–Trinajstić information content (AvgIpc) is 1.62. The van der Waals surface area contributed by atoms with E-state index in [4.69, 9.17) is 33.2 Å². The first-order valence-corrected chi connectivity index (χ1v) is 51.0. The van der Waals surface area contributed by atoms with Gasteiger partial charge in [-0.25, -0.2) is 0 Å². The number of ether oxygens (including phenoxy) is 2. The van der Waals surface area contributed by atoms with Gasteiger partial charge in [-0.2, -0.15) is 0 Å². The molecular formula is C123H128ClN15O11. The van der Waals surface area contributed by atoms with E-state index in [-0.39, 0.29) is 95.7 Å². The maximum absolute atomic E-state index is 11.9. The summed E-state index contributed by atoms with van der Waals surface area (Å²) in [6.45, 7) is 22.0. The van der Waals surface area contributed by atoms with Crippen molar-refractivity contribution >= 4 is 157 Å². The second-order valence-electron chi connectivity index (χ2n) is 38.1. The smallest absolute Gasteiger partial charge is 0.248 e. The molecule has 26 nitrogen and oxygen atoms in total. The van der Waals surface area contributed by atoms with Gasteiger partial charge in [-0.15, -0.1) is 6.42 Å². The van der Waals surface area contributed by atoms with E-state index in [9.17, 15) is 43.2 Å². The number of hydrogen-bond acceptors (Lipinski definition) is 17. The number of nitrogens with one attached hydrogen (secondary N) is 14. The Kier molecular flexibility index (Phi) is 37.6. The van der Waals surface area contributed by atoms with E-state index in [1.165, 1.54) is 22.3 Å². The van der Waals surface area contributed by atoms with Gasteiger partial charge in [-0.05, 0) is 236 Å². The fraction of sp³-hybridized carbons (Fsp3) is 0.244. The van der Waals surface area contributed by atoms with Crippen molar-refractivity contribution in [1.82, 2.24) is 0 Å². The normalized spacial score (nSPS) is 18.0. The molecule has 8 heterocycles. The molecule has 16 N–H and O–H groups in total. The lowest BCUT2D eigenvalue weighted by Crippen LogP contribution is -2.21. The Labute approximate surface area is 882 Å². The van der Waals surface area contributed by atoms with Gasteiger partial charge in [0.05, 0.1) is 104 Å². The number of fused-ring (bicyclic) bond motifs is 8. The summed E-state index contributed by atoms with van der Waals surface area (Å²) in [5, 5.41) is 44.4. The highest BCUT2D eigenvalue weighted by Gasteiger charge is 2.29. The highest BCUT2D eigenvalue weighted by Crippen LogP contribution is 2.43. The quantitative estimate of drug-likeness (QED) is 0.0471. The maximum Gasteiger partial charge on any atom is 0.248 e. The zero-order chi connectivity index (χ0) is 106. The van der Waals surface area contributed by atoms with Crippen molar-refractivity contribution in [3.05, 3.63) is 345 Å². The molecule has 8 aliphatic rings. The molecule has 0 spiro atoms. The van der Waals surface area contributed by atoms with Crippen LogP contribution in [0.3, 0.4) is 0 Å². The molecule has 0 fully saturated rings. The summed E-state index contributed by atoms with van der Waals surface area (Å²) in [7, 11) is 0. The Morgan fingerprint density at radius 2 is 0.740 bits per heavy atom. The first kappa shape index (κ1) is 108. The van der Waals surface area contributed by atoms with Crippen LogP contribution in [0.4, 0.5) is 79.6 Å². The molecule has 1 unspecified atom stereocenters. The molecule has 0 radical (unpaired) electrons. The van der Waals surface area contributed by atoms with E-state index in [1.807, 2.05) is 250 Å². The van der Waals surface area contributed by atoms with Crippen LogP contribution < -0.4 is 89.6 Å². The number of hydrogen-bond donors (Lipinski definition) is 15. The monoisotopic (exact) mass is 2030 g/mol. The third-order valence-corrected chi connectivity index (χ3v) is 26.0. The number of carbonyl (C=O) groups is 9. The number of benzene rings is 13. The minimum Gasteiger partial charge on any atom is -0.487 e. The zero-order valence-electron chi connectivity index (χ0n) is 86.1. The van der Waals surface area contributed by atoms with Gasteiger partial charge in [0.15, 0.2) is 11.5 Å². The van der Waals surface area contributed by atoms with Gasteiger partial charge in [0.25, 0.3) is 0 Å². The van der Waals surface area contributed by atoms with Crippen molar-refractivity contribution in [2.24, 2.45) is 5.73 Å².